The lowest BCUT2D eigenvalue weighted by Crippen LogP contribution is -2.00. The van der Waals surface area contributed by atoms with Crippen LogP contribution in [0.2, 0.25) is 5.02 Å². The summed E-state index contributed by atoms with van der Waals surface area (Å²) in [7, 11) is 3.33. The fourth-order valence-corrected chi connectivity index (χ4v) is 3.41. The lowest BCUT2D eigenvalue weighted by molar-refractivity contribution is 0.416. The molecule has 3 aromatic carbocycles. The van der Waals surface area contributed by atoms with Gasteiger partial charge in [0.05, 0.1) is 31.3 Å². The average molecular weight is 391 g/mol. The SMILES string of the molecule is COc1ccccc1-c1cc(-c2ccccc2OC)n(-c2cccc(Cl)c2)n1. The van der Waals surface area contributed by atoms with Crippen molar-refractivity contribution in [3.05, 3.63) is 83.9 Å². The number of halogens is 1. The van der Waals surface area contributed by atoms with E-state index in [4.69, 9.17) is 26.2 Å². The molecule has 0 aliphatic rings. The molecule has 0 N–H and O–H groups in total. The summed E-state index contributed by atoms with van der Waals surface area (Å²) in [6.07, 6.45) is 0. The van der Waals surface area contributed by atoms with E-state index in [9.17, 15) is 0 Å². The van der Waals surface area contributed by atoms with Crippen molar-refractivity contribution in [1.29, 1.82) is 0 Å². The summed E-state index contributed by atoms with van der Waals surface area (Å²) in [6, 6.07) is 25.4. The first kappa shape index (κ1) is 18.1. The highest BCUT2D eigenvalue weighted by atomic mass is 35.5. The molecule has 1 aromatic heterocycles. The molecule has 0 radical (unpaired) electrons. The second-order valence-corrected chi connectivity index (χ2v) is 6.64. The Balaban J connectivity index is 1.97. The van der Waals surface area contributed by atoms with Crippen molar-refractivity contribution < 1.29 is 9.47 Å². The van der Waals surface area contributed by atoms with Gasteiger partial charge in [-0.15, -0.1) is 0 Å². The van der Waals surface area contributed by atoms with Crippen LogP contribution in [0.4, 0.5) is 0 Å². The Morgan fingerprint density at radius 3 is 2.07 bits per heavy atom. The van der Waals surface area contributed by atoms with Gasteiger partial charge in [0.2, 0.25) is 0 Å². The van der Waals surface area contributed by atoms with Gasteiger partial charge >= 0.3 is 0 Å². The molecule has 0 fully saturated rings. The number of para-hydroxylation sites is 2. The summed E-state index contributed by atoms with van der Waals surface area (Å²) >= 11 is 6.24. The van der Waals surface area contributed by atoms with Crippen LogP contribution in [0.15, 0.2) is 78.9 Å². The van der Waals surface area contributed by atoms with Gasteiger partial charge in [0, 0.05) is 16.1 Å². The number of benzene rings is 3. The van der Waals surface area contributed by atoms with E-state index in [-0.39, 0.29) is 0 Å². The lowest BCUT2D eigenvalue weighted by atomic mass is 10.1. The standard InChI is InChI=1S/C23H19ClN2O2/c1-27-22-12-5-3-10-18(22)20-15-21(19-11-4-6-13-23(19)28-2)26(25-20)17-9-7-8-16(24)14-17/h3-15H,1-2H3. The maximum Gasteiger partial charge on any atom is 0.128 e. The minimum atomic E-state index is 0.651. The van der Waals surface area contributed by atoms with Gasteiger partial charge in [-0.05, 0) is 48.5 Å². The maximum atomic E-state index is 6.24. The molecule has 5 heteroatoms. The molecule has 0 unspecified atom stereocenters. The van der Waals surface area contributed by atoms with E-state index in [1.807, 2.05) is 83.5 Å². The lowest BCUT2D eigenvalue weighted by Gasteiger charge is -2.11. The van der Waals surface area contributed by atoms with Crippen LogP contribution in [0.1, 0.15) is 0 Å². The van der Waals surface area contributed by atoms with Crippen LogP contribution in [0.25, 0.3) is 28.2 Å². The van der Waals surface area contributed by atoms with Crippen LogP contribution < -0.4 is 9.47 Å². The highest BCUT2D eigenvalue weighted by Gasteiger charge is 2.18. The average Bonchev–Trinajstić information content (AvgIpc) is 3.18. The van der Waals surface area contributed by atoms with Gasteiger partial charge in [-0.3, -0.25) is 0 Å². The summed E-state index contributed by atoms with van der Waals surface area (Å²) in [4.78, 5) is 0. The Hall–Kier alpha value is -3.24. The second-order valence-electron chi connectivity index (χ2n) is 6.21. The molecule has 140 valence electrons. The van der Waals surface area contributed by atoms with Crippen molar-refractivity contribution in [2.45, 2.75) is 0 Å². The van der Waals surface area contributed by atoms with E-state index in [2.05, 4.69) is 0 Å². The van der Waals surface area contributed by atoms with Crippen molar-refractivity contribution in [2.75, 3.05) is 14.2 Å². The summed E-state index contributed by atoms with van der Waals surface area (Å²) in [6.45, 7) is 0. The molecule has 0 saturated carbocycles. The molecule has 4 aromatic rings. The number of aromatic nitrogens is 2. The van der Waals surface area contributed by atoms with Gasteiger partial charge in [-0.2, -0.15) is 5.10 Å². The van der Waals surface area contributed by atoms with E-state index >= 15 is 0 Å². The van der Waals surface area contributed by atoms with Gasteiger partial charge in [0.15, 0.2) is 0 Å². The van der Waals surface area contributed by atoms with E-state index in [0.29, 0.717) is 5.02 Å². The number of hydrogen-bond donors (Lipinski definition) is 0. The highest BCUT2D eigenvalue weighted by molar-refractivity contribution is 6.30. The predicted molar refractivity (Wildman–Crippen MR) is 113 cm³/mol. The zero-order valence-electron chi connectivity index (χ0n) is 15.6. The topological polar surface area (TPSA) is 36.3 Å². The van der Waals surface area contributed by atoms with E-state index in [1.54, 1.807) is 14.2 Å². The summed E-state index contributed by atoms with van der Waals surface area (Å²) < 4.78 is 13.0. The Morgan fingerprint density at radius 1 is 0.750 bits per heavy atom. The Bertz CT molecular complexity index is 1120. The quantitative estimate of drug-likeness (QED) is 0.427. The summed E-state index contributed by atoms with van der Waals surface area (Å²) in [5.74, 6) is 1.54. The first-order chi connectivity index (χ1) is 13.7. The zero-order chi connectivity index (χ0) is 19.5. The van der Waals surface area contributed by atoms with E-state index in [0.717, 1.165) is 39.7 Å². The van der Waals surface area contributed by atoms with Crippen molar-refractivity contribution in [1.82, 2.24) is 9.78 Å². The minimum absolute atomic E-state index is 0.651. The van der Waals surface area contributed by atoms with Crippen LogP contribution >= 0.6 is 11.6 Å². The monoisotopic (exact) mass is 390 g/mol. The van der Waals surface area contributed by atoms with Crippen LogP contribution in [0.3, 0.4) is 0 Å². The first-order valence-electron chi connectivity index (χ1n) is 8.84. The van der Waals surface area contributed by atoms with Crippen LogP contribution in [-0.4, -0.2) is 24.0 Å². The molecule has 4 nitrogen and oxygen atoms in total. The third-order valence-corrected chi connectivity index (χ3v) is 4.76. The molecular formula is C23H19ClN2O2. The fraction of sp³-hybridized carbons (Fsp3) is 0.0870. The third kappa shape index (κ3) is 3.35. The largest absolute Gasteiger partial charge is 0.496 e. The third-order valence-electron chi connectivity index (χ3n) is 4.53. The molecule has 0 bridgehead atoms. The van der Waals surface area contributed by atoms with E-state index in [1.165, 1.54) is 0 Å². The Morgan fingerprint density at radius 2 is 1.39 bits per heavy atom. The molecule has 0 spiro atoms. The number of hydrogen-bond acceptors (Lipinski definition) is 3. The van der Waals surface area contributed by atoms with Crippen molar-refractivity contribution >= 4 is 11.6 Å². The number of nitrogens with zero attached hydrogens (tertiary/aromatic N) is 2. The van der Waals surface area contributed by atoms with Gasteiger partial charge in [0.25, 0.3) is 0 Å². The second kappa shape index (κ2) is 7.79. The van der Waals surface area contributed by atoms with Crippen molar-refractivity contribution in [3.63, 3.8) is 0 Å². The molecular weight excluding hydrogens is 372 g/mol. The fourth-order valence-electron chi connectivity index (χ4n) is 3.22. The van der Waals surface area contributed by atoms with Crippen molar-refractivity contribution in [3.8, 4) is 39.7 Å². The van der Waals surface area contributed by atoms with Gasteiger partial charge in [-0.1, -0.05) is 41.9 Å². The van der Waals surface area contributed by atoms with Crippen LogP contribution in [-0.2, 0) is 0 Å². The molecule has 0 atom stereocenters. The number of methoxy groups -OCH3 is 2. The number of ether oxygens (including phenoxy) is 2. The molecule has 0 aliphatic carbocycles. The van der Waals surface area contributed by atoms with Gasteiger partial charge < -0.3 is 9.47 Å². The minimum Gasteiger partial charge on any atom is -0.496 e. The molecule has 0 amide bonds. The molecule has 28 heavy (non-hydrogen) atoms. The van der Waals surface area contributed by atoms with Gasteiger partial charge in [-0.25, -0.2) is 4.68 Å². The number of rotatable bonds is 5. The maximum absolute atomic E-state index is 6.24. The zero-order valence-corrected chi connectivity index (χ0v) is 16.4. The van der Waals surface area contributed by atoms with Crippen LogP contribution in [0, 0.1) is 0 Å². The summed E-state index contributed by atoms with van der Waals surface area (Å²) in [5.41, 5.74) is 4.44. The molecule has 4 rings (SSSR count). The van der Waals surface area contributed by atoms with Gasteiger partial charge in [0.1, 0.15) is 11.5 Å². The van der Waals surface area contributed by atoms with Crippen molar-refractivity contribution in [2.24, 2.45) is 0 Å². The van der Waals surface area contributed by atoms with Crippen LogP contribution in [0.5, 0.6) is 11.5 Å². The summed E-state index contributed by atoms with van der Waals surface area (Å²) in [5, 5.41) is 5.53. The molecule has 1 heterocycles. The smallest absolute Gasteiger partial charge is 0.128 e. The Kier molecular flexibility index (Phi) is 5.04. The molecule has 0 aliphatic heterocycles. The Labute approximate surface area is 168 Å². The predicted octanol–water partition coefficient (Wildman–Crippen LogP) is 5.88. The highest BCUT2D eigenvalue weighted by Crippen LogP contribution is 2.36. The normalized spacial score (nSPS) is 10.7. The molecule has 0 saturated heterocycles. The first-order valence-corrected chi connectivity index (χ1v) is 9.22. The van der Waals surface area contributed by atoms with E-state index < -0.39 is 0 Å².